The van der Waals surface area contributed by atoms with E-state index in [0.29, 0.717) is 25.0 Å². The molecule has 0 aromatic carbocycles. The van der Waals surface area contributed by atoms with Crippen LogP contribution in [0.25, 0.3) is 0 Å². The molecule has 3 atom stereocenters. The molecule has 1 heterocycles. The molecule has 0 aromatic heterocycles. The number of rotatable bonds is 14. The minimum Gasteiger partial charge on any atom is -0.480 e. The molecule has 10 nitrogen and oxygen atoms in total. The minimum absolute atomic E-state index is 0.122. The van der Waals surface area contributed by atoms with Crippen molar-refractivity contribution in [2.75, 3.05) is 18.6 Å². The predicted molar refractivity (Wildman–Crippen MR) is 117 cm³/mol. The summed E-state index contributed by atoms with van der Waals surface area (Å²) in [5.41, 5.74) is 5.85. The molecule has 0 aliphatic carbocycles. The summed E-state index contributed by atoms with van der Waals surface area (Å²) < 4.78 is 0. The molecule has 0 bridgehead atoms. The fourth-order valence-electron chi connectivity index (χ4n) is 2.96. The number of amides is 4. The van der Waals surface area contributed by atoms with E-state index in [1.54, 1.807) is 25.6 Å². The van der Waals surface area contributed by atoms with Crippen LogP contribution >= 0.6 is 11.8 Å². The number of thioether (sulfide) groups is 1. The van der Waals surface area contributed by atoms with Crippen LogP contribution in [0.5, 0.6) is 0 Å². The quantitative estimate of drug-likeness (QED) is 0.208. The van der Waals surface area contributed by atoms with Gasteiger partial charge in [-0.1, -0.05) is 13.8 Å². The highest BCUT2D eigenvalue weighted by Gasteiger charge is 2.30. The number of nitrogens with zero attached hydrogens (tertiary/aromatic N) is 1. The Morgan fingerprint density at radius 2 is 1.68 bits per heavy atom. The van der Waals surface area contributed by atoms with Crippen LogP contribution in [0, 0.1) is 5.92 Å². The Hall–Kier alpha value is -2.40. The van der Waals surface area contributed by atoms with Gasteiger partial charge >= 0.3 is 5.97 Å². The first kappa shape index (κ1) is 26.6. The van der Waals surface area contributed by atoms with E-state index >= 15 is 0 Å². The standard InChI is InChI=1S/C20H32N4O6S/c1-12(2)17(23-18(27)13(21)9-11-31-3)19(28)22-14(20(29)30)6-4-5-10-24-15(25)7-8-16(24)26/h7-8,12-14,17H,4-6,9-11,21H2,1-3H3,(H,22,28)(H,23,27)(H,29,30)/t13-,14-,17-/m0/s1. The average Bonchev–Trinajstić information content (AvgIpc) is 3.03. The second kappa shape index (κ2) is 13.1. The number of hydrogen-bond acceptors (Lipinski definition) is 7. The zero-order valence-electron chi connectivity index (χ0n) is 18.1. The molecule has 5 N–H and O–H groups in total. The Kier molecular flexibility index (Phi) is 11.3. The molecule has 0 saturated carbocycles. The van der Waals surface area contributed by atoms with E-state index in [4.69, 9.17) is 5.73 Å². The van der Waals surface area contributed by atoms with Gasteiger partial charge in [-0.15, -0.1) is 0 Å². The normalized spacial score (nSPS) is 16.4. The van der Waals surface area contributed by atoms with Gasteiger partial charge in [0.05, 0.1) is 6.04 Å². The molecule has 174 valence electrons. The molecule has 0 aromatic rings. The molecule has 1 aliphatic rings. The van der Waals surface area contributed by atoms with Crippen molar-refractivity contribution in [2.45, 2.75) is 57.7 Å². The van der Waals surface area contributed by atoms with E-state index in [1.165, 1.54) is 12.2 Å². The molecule has 1 aliphatic heterocycles. The van der Waals surface area contributed by atoms with Crippen LogP contribution in [0.4, 0.5) is 0 Å². The van der Waals surface area contributed by atoms with Gasteiger partial charge in [0.15, 0.2) is 0 Å². The van der Waals surface area contributed by atoms with Gasteiger partial charge in [-0.3, -0.25) is 24.1 Å². The van der Waals surface area contributed by atoms with Crippen LogP contribution in [0.2, 0.25) is 0 Å². The fraction of sp³-hybridized carbons (Fsp3) is 0.650. The zero-order valence-corrected chi connectivity index (χ0v) is 18.9. The van der Waals surface area contributed by atoms with Crippen molar-refractivity contribution < 1.29 is 29.1 Å². The van der Waals surface area contributed by atoms with E-state index < -0.39 is 35.9 Å². The number of unbranched alkanes of at least 4 members (excludes halogenated alkanes) is 1. The van der Waals surface area contributed by atoms with Crippen molar-refractivity contribution in [3.8, 4) is 0 Å². The number of carbonyl (C=O) groups excluding carboxylic acids is 4. The maximum absolute atomic E-state index is 12.7. The molecule has 4 amide bonds. The third kappa shape index (κ3) is 8.70. The fourth-order valence-corrected chi connectivity index (χ4v) is 3.45. The summed E-state index contributed by atoms with van der Waals surface area (Å²) in [6.07, 6.45) is 5.66. The molecule has 1 rings (SSSR count). The topological polar surface area (TPSA) is 159 Å². The Bertz CT molecular complexity index is 694. The molecule has 0 spiro atoms. The highest BCUT2D eigenvalue weighted by Crippen LogP contribution is 2.10. The summed E-state index contributed by atoms with van der Waals surface area (Å²) in [6.45, 7) is 3.67. The van der Waals surface area contributed by atoms with Crippen LogP contribution in [-0.4, -0.2) is 76.3 Å². The predicted octanol–water partition coefficient (Wildman–Crippen LogP) is -0.128. The first-order chi connectivity index (χ1) is 14.6. The van der Waals surface area contributed by atoms with E-state index in [1.807, 2.05) is 6.26 Å². The Morgan fingerprint density at radius 1 is 1.06 bits per heavy atom. The third-order valence-electron chi connectivity index (χ3n) is 4.86. The highest BCUT2D eigenvalue weighted by atomic mass is 32.2. The summed E-state index contributed by atoms with van der Waals surface area (Å²) in [4.78, 5) is 60.6. The number of imide groups is 1. The average molecular weight is 457 g/mol. The molecular weight excluding hydrogens is 424 g/mol. The van der Waals surface area contributed by atoms with Crippen molar-refractivity contribution in [3.05, 3.63) is 12.2 Å². The molecule has 11 heteroatoms. The smallest absolute Gasteiger partial charge is 0.326 e. The van der Waals surface area contributed by atoms with Crippen LogP contribution in [0.1, 0.15) is 39.5 Å². The summed E-state index contributed by atoms with van der Waals surface area (Å²) in [5, 5.41) is 14.5. The van der Waals surface area contributed by atoms with E-state index in [0.717, 1.165) is 4.90 Å². The van der Waals surface area contributed by atoms with Gasteiger partial charge in [-0.2, -0.15) is 11.8 Å². The maximum Gasteiger partial charge on any atom is 0.326 e. The number of carboxylic acid groups (broad SMARTS) is 1. The number of nitrogens with two attached hydrogens (primary N) is 1. The lowest BCUT2D eigenvalue weighted by Gasteiger charge is -2.25. The van der Waals surface area contributed by atoms with Crippen molar-refractivity contribution in [1.29, 1.82) is 0 Å². The van der Waals surface area contributed by atoms with Crippen LogP contribution in [0.15, 0.2) is 12.2 Å². The van der Waals surface area contributed by atoms with Gasteiger partial charge in [0, 0.05) is 18.7 Å². The SMILES string of the molecule is CSCC[C@H](N)C(=O)N[C@H](C(=O)N[C@@H](CCCCN1C(=O)C=CC1=O)C(=O)O)C(C)C. The van der Waals surface area contributed by atoms with Crippen LogP contribution in [0.3, 0.4) is 0 Å². The molecule has 0 saturated heterocycles. The monoisotopic (exact) mass is 456 g/mol. The molecular formula is C20H32N4O6S. The number of carboxylic acids is 1. The Balaban J connectivity index is 2.58. The van der Waals surface area contributed by atoms with E-state index in [9.17, 15) is 29.1 Å². The van der Waals surface area contributed by atoms with Gasteiger partial charge in [0.2, 0.25) is 11.8 Å². The van der Waals surface area contributed by atoms with Gasteiger partial charge in [-0.25, -0.2) is 4.79 Å². The van der Waals surface area contributed by atoms with Gasteiger partial charge < -0.3 is 21.5 Å². The third-order valence-corrected chi connectivity index (χ3v) is 5.50. The zero-order chi connectivity index (χ0) is 23.6. The van der Waals surface area contributed by atoms with Crippen LogP contribution < -0.4 is 16.4 Å². The molecule has 31 heavy (non-hydrogen) atoms. The van der Waals surface area contributed by atoms with Crippen molar-refractivity contribution in [1.82, 2.24) is 15.5 Å². The minimum atomic E-state index is -1.20. The van der Waals surface area contributed by atoms with Crippen LogP contribution in [-0.2, 0) is 24.0 Å². The first-order valence-corrected chi connectivity index (χ1v) is 11.6. The Morgan fingerprint density at radius 3 is 2.19 bits per heavy atom. The number of nitrogens with one attached hydrogen (secondary N) is 2. The number of hydrogen-bond donors (Lipinski definition) is 4. The highest BCUT2D eigenvalue weighted by molar-refractivity contribution is 7.98. The van der Waals surface area contributed by atoms with Gasteiger partial charge in [0.1, 0.15) is 12.1 Å². The van der Waals surface area contributed by atoms with Crippen molar-refractivity contribution in [3.63, 3.8) is 0 Å². The second-order valence-corrected chi connectivity index (χ2v) is 8.66. The first-order valence-electron chi connectivity index (χ1n) is 10.2. The summed E-state index contributed by atoms with van der Waals surface area (Å²) >= 11 is 1.56. The van der Waals surface area contributed by atoms with E-state index in [2.05, 4.69) is 10.6 Å². The Labute approximate surface area is 186 Å². The lowest BCUT2D eigenvalue weighted by atomic mass is 10.0. The lowest BCUT2D eigenvalue weighted by molar-refractivity contribution is -0.143. The number of carbonyl (C=O) groups is 5. The van der Waals surface area contributed by atoms with E-state index in [-0.39, 0.29) is 30.7 Å². The lowest BCUT2D eigenvalue weighted by Crippen LogP contribution is -2.56. The molecule has 0 radical (unpaired) electrons. The van der Waals surface area contributed by atoms with Crippen molar-refractivity contribution in [2.24, 2.45) is 11.7 Å². The summed E-state index contributed by atoms with van der Waals surface area (Å²) in [6, 6.07) is -2.82. The molecule has 0 fully saturated rings. The molecule has 0 unspecified atom stereocenters. The second-order valence-electron chi connectivity index (χ2n) is 7.67. The van der Waals surface area contributed by atoms with Gasteiger partial charge in [-0.05, 0) is 43.6 Å². The van der Waals surface area contributed by atoms with Gasteiger partial charge in [0.25, 0.3) is 11.8 Å². The largest absolute Gasteiger partial charge is 0.480 e. The number of aliphatic carboxylic acids is 1. The summed E-state index contributed by atoms with van der Waals surface area (Å²) in [7, 11) is 0. The van der Waals surface area contributed by atoms with Crippen molar-refractivity contribution >= 4 is 41.4 Å². The maximum atomic E-state index is 12.7. The summed E-state index contributed by atoms with van der Waals surface area (Å²) in [5.74, 6) is -2.59.